The van der Waals surface area contributed by atoms with Gasteiger partial charge in [0.2, 0.25) is 0 Å². The highest BCUT2D eigenvalue weighted by atomic mass is 35.5. The lowest BCUT2D eigenvalue weighted by molar-refractivity contribution is -0.116. The number of Topliss-reactive ketones (excluding diaryl/α,β-unsaturated/α-hetero) is 1. The average molecular weight is 252 g/mol. The summed E-state index contributed by atoms with van der Waals surface area (Å²) in [5, 5.41) is 1.56. The van der Waals surface area contributed by atoms with Gasteiger partial charge in [0, 0.05) is 23.0 Å². The number of aromatic nitrogens is 1. The van der Waals surface area contributed by atoms with E-state index >= 15 is 0 Å². The molecule has 0 aliphatic carbocycles. The van der Waals surface area contributed by atoms with Crippen molar-refractivity contribution in [1.82, 2.24) is 4.98 Å². The van der Waals surface area contributed by atoms with Gasteiger partial charge >= 0.3 is 0 Å². The molecule has 0 aliphatic heterocycles. The molecule has 1 aromatic carbocycles. The molecule has 4 heteroatoms. The molecule has 2 aromatic rings. The van der Waals surface area contributed by atoms with Gasteiger partial charge < -0.3 is 9.72 Å². The van der Waals surface area contributed by atoms with Gasteiger partial charge in [-0.05, 0) is 31.5 Å². The Morgan fingerprint density at radius 1 is 1.47 bits per heavy atom. The number of halogens is 1. The van der Waals surface area contributed by atoms with Crippen molar-refractivity contribution in [3.63, 3.8) is 0 Å². The Kier molecular flexibility index (Phi) is 3.11. The number of hydrogen-bond acceptors (Lipinski definition) is 2. The molecule has 0 spiro atoms. The van der Waals surface area contributed by atoms with Crippen LogP contribution in [0.4, 0.5) is 0 Å². The predicted octanol–water partition coefficient (Wildman–Crippen LogP) is 3.27. The van der Waals surface area contributed by atoms with Crippen LogP contribution in [0.25, 0.3) is 10.9 Å². The third-order valence-electron chi connectivity index (χ3n) is 2.82. The molecule has 2 rings (SSSR count). The maximum Gasteiger partial charge on any atom is 0.138 e. The van der Waals surface area contributed by atoms with E-state index in [2.05, 4.69) is 4.98 Å². The number of fused-ring (bicyclic) bond motifs is 1. The van der Waals surface area contributed by atoms with Crippen LogP contribution in [0.1, 0.15) is 18.2 Å². The summed E-state index contributed by atoms with van der Waals surface area (Å²) in [6.45, 7) is 3.55. The summed E-state index contributed by atoms with van der Waals surface area (Å²) in [5.41, 5.74) is 2.95. The van der Waals surface area contributed by atoms with Crippen molar-refractivity contribution < 1.29 is 9.53 Å². The topological polar surface area (TPSA) is 42.1 Å². The molecule has 0 radical (unpaired) electrons. The van der Waals surface area contributed by atoms with E-state index in [9.17, 15) is 4.79 Å². The van der Waals surface area contributed by atoms with Gasteiger partial charge in [0.25, 0.3) is 0 Å². The van der Waals surface area contributed by atoms with Gasteiger partial charge in [0.15, 0.2) is 0 Å². The molecule has 17 heavy (non-hydrogen) atoms. The number of hydrogen-bond donors (Lipinski definition) is 1. The van der Waals surface area contributed by atoms with Crippen LogP contribution in [0.15, 0.2) is 12.1 Å². The molecule has 0 saturated carbocycles. The molecule has 0 amide bonds. The second kappa shape index (κ2) is 4.41. The number of aryl methyl sites for hydroxylation is 1. The van der Waals surface area contributed by atoms with Crippen LogP contribution in [0, 0.1) is 6.92 Å². The number of aromatic amines is 1. The molecule has 1 heterocycles. The van der Waals surface area contributed by atoms with Crippen LogP contribution >= 0.6 is 11.6 Å². The Labute approximate surface area is 105 Å². The molecule has 0 atom stereocenters. The third-order valence-corrected chi connectivity index (χ3v) is 3.11. The quantitative estimate of drug-likeness (QED) is 0.910. The van der Waals surface area contributed by atoms with Crippen LogP contribution in [-0.4, -0.2) is 17.9 Å². The summed E-state index contributed by atoms with van der Waals surface area (Å²) in [5.74, 6) is 0.769. The monoisotopic (exact) mass is 251 g/mol. The minimum Gasteiger partial charge on any atom is -0.495 e. The number of benzene rings is 1. The molecule has 1 aromatic heterocycles. The number of carbonyl (C=O) groups excluding carboxylic acids is 1. The van der Waals surface area contributed by atoms with Gasteiger partial charge in [-0.2, -0.15) is 0 Å². The van der Waals surface area contributed by atoms with Crippen molar-refractivity contribution in [2.75, 3.05) is 7.11 Å². The first-order valence-corrected chi connectivity index (χ1v) is 5.75. The van der Waals surface area contributed by atoms with E-state index in [0.717, 1.165) is 22.2 Å². The first-order valence-electron chi connectivity index (χ1n) is 5.37. The van der Waals surface area contributed by atoms with Gasteiger partial charge in [-0.25, -0.2) is 0 Å². The maximum absolute atomic E-state index is 11.3. The summed E-state index contributed by atoms with van der Waals surface area (Å²) in [4.78, 5) is 14.5. The highest BCUT2D eigenvalue weighted by molar-refractivity contribution is 6.32. The van der Waals surface area contributed by atoms with E-state index in [0.29, 0.717) is 17.2 Å². The van der Waals surface area contributed by atoms with E-state index < -0.39 is 0 Å². The van der Waals surface area contributed by atoms with Crippen LogP contribution in [0.2, 0.25) is 5.02 Å². The number of ketones is 1. The number of H-pyrrole nitrogens is 1. The molecule has 0 bridgehead atoms. The Hall–Kier alpha value is -1.48. The first kappa shape index (κ1) is 12.0. The van der Waals surface area contributed by atoms with Crippen molar-refractivity contribution in [2.24, 2.45) is 0 Å². The van der Waals surface area contributed by atoms with E-state index in [1.54, 1.807) is 14.0 Å². The number of methoxy groups -OCH3 is 1. The van der Waals surface area contributed by atoms with Crippen LogP contribution in [-0.2, 0) is 11.2 Å². The van der Waals surface area contributed by atoms with Crippen molar-refractivity contribution in [1.29, 1.82) is 0 Å². The van der Waals surface area contributed by atoms with Gasteiger partial charge in [0.05, 0.1) is 12.1 Å². The minimum atomic E-state index is 0.142. The van der Waals surface area contributed by atoms with Crippen molar-refractivity contribution in [2.45, 2.75) is 20.3 Å². The lowest BCUT2D eigenvalue weighted by Gasteiger charge is -2.04. The Bertz CT molecular complexity index is 587. The van der Waals surface area contributed by atoms with Crippen molar-refractivity contribution in [3.8, 4) is 5.75 Å². The zero-order chi connectivity index (χ0) is 12.6. The van der Waals surface area contributed by atoms with E-state index in [-0.39, 0.29) is 5.78 Å². The van der Waals surface area contributed by atoms with Gasteiger partial charge in [-0.1, -0.05) is 11.6 Å². The van der Waals surface area contributed by atoms with E-state index in [1.807, 2.05) is 19.1 Å². The molecule has 0 aliphatic rings. The largest absolute Gasteiger partial charge is 0.495 e. The predicted molar refractivity (Wildman–Crippen MR) is 69.0 cm³/mol. The molecular formula is C13H14ClNO2. The fourth-order valence-electron chi connectivity index (χ4n) is 2.02. The molecule has 0 saturated heterocycles. The van der Waals surface area contributed by atoms with Crippen LogP contribution in [0.3, 0.4) is 0 Å². The van der Waals surface area contributed by atoms with Crippen molar-refractivity contribution >= 4 is 28.3 Å². The zero-order valence-electron chi connectivity index (χ0n) is 10.1. The number of ether oxygens (including phenoxy) is 1. The number of carbonyl (C=O) groups is 1. The van der Waals surface area contributed by atoms with Gasteiger partial charge in [-0.15, -0.1) is 0 Å². The number of rotatable bonds is 3. The molecule has 0 unspecified atom stereocenters. The zero-order valence-corrected chi connectivity index (χ0v) is 10.8. The summed E-state index contributed by atoms with van der Waals surface area (Å²) < 4.78 is 5.19. The summed E-state index contributed by atoms with van der Waals surface area (Å²) in [6.07, 6.45) is 0.427. The minimum absolute atomic E-state index is 0.142. The normalized spacial score (nSPS) is 10.8. The van der Waals surface area contributed by atoms with Gasteiger partial charge in [0.1, 0.15) is 11.5 Å². The van der Waals surface area contributed by atoms with Crippen LogP contribution in [0.5, 0.6) is 5.75 Å². The smallest absolute Gasteiger partial charge is 0.138 e. The second-order valence-electron chi connectivity index (χ2n) is 4.14. The molecule has 1 N–H and O–H groups in total. The lowest BCUT2D eigenvalue weighted by atomic mass is 10.1. The fraction of sp³-hybridized carbons (Fsp3) is 0.308. The van der Waals surface area contributed by atoms with Gasteiger partial charge in [-0.3, -0.25) is 4.79 Å². The summed E-state index contributed by atoms with van der Waals surface area (Å²) in [6, 6.07) is 3.70. The van der Waals surface area contributed by atoms with Crippen LogP contribution < -0.4 is 4.74 Å². The molecule has 0 fully saturated rings. The maximum atomic E-state index is 11.3. The standard InChI is InChI=1S/C13H14ClNO2/c1-7(16)4-9-8(2)15-12-6-11(14)13(17-3)5-10(9)12/h5-6,15H,4H2,1-3H3. The lowest BCUT2D eigenvalue weighted by Crippen LogP contribution is -1.97. The Balaban J connectivity index is 2.66. The Morgan fingerprint density at radius 2 is 2.18 bits per heavy atom. The fourth-order valence-corrected chi connectivity index (χ4v) is 2.26. The Morgan fingerprint density at radius 3 is 2.76 bits per heavy atom. The van der Waals surface area contributed by atoms with Crippen molar-refractivity contribution in [3.05, 3.63) is 28.4 Å². The third kappa shape index (κ3) is 2.15. The highest BCUT2D eigenvalue weighted by Crippen LogP contribution is 2.32. The van der Waals surface area contributed by atoms with E-state index in [4.69, 9.17) is 16.3 Å². The average Bonchev–Trinajstić information content (AvgIpc) is 2.53. The second-order valence-corrected chi connectivity index (χ2v) is 4.55. The molecule has 90 valence electrons. The number of nitrogens with one attached hydrogen (secondary N) is 1. The highest BCUT2D eigenvalue weighted by Gasteiger charge is 2.13. The molecule has 3 nitrogen and oxygen atoms in total. The summed E-state index contributed by atoms with van der Waals surface area (Å²) in [7, 11) is 1.58. The summed E-state index contributed by atoms with van der Waals surface area (Å²) >= 11 is 6.06. The first-order chi connectivity index (χ1) is 8.02. The SMILES string of the molecule is COc1cc2c(CC(C)=O)c(C)[nH]c2cc1Cl. The molecular weight excluding hydrogens is 238 g/mol. The van der Waals surface area contributed by atoms with E-state index in [1.165, 1.54) is 0 Å².